The third kappa shape index (κ3) is 4.96. The van der Waals surface area contributed by atoms with E-state index in [1.165, 1.54) is 53.9 Å². The lowest BCUT2D eigenvalue weighted by molar-refractivity contribution is 1.31. The fraction of sp³-hybridized carbons (Fsp3) is 0. The summed E-state index contributed by atoms with van der Waals surface area (Å²) in [6.45, 7) is 0. The zero-order valence-electron chi connectivity index (χ0n) is 28.5. The number of benzene rings is 10. The third-order valence-electron chi connectivity index (χ3n) is 10.3. The Labute approximate surface area is 303 Å². The first-order chi connectivity index (χ1) is 25.8. The molecule has 0 saturated heterocycles. The van der Waals surface area contributed by atoms with Crippen LogP contribution >= 0.6 is 0 Å². The van der Waals surface area contributed by atoms with E-state index in [-0.39, 0.29) is 0 Å². The first-order valence-corrected chi connectivity index (χ1v) is 17.9. The van der Waals surface area contributed by atoms with Crippen LogP contribution in [-0.4, -0.2) is 0 Å². The Kier molecular flexibility index (Phi) is 7.18. The zero-order chi connectivity index (χ0) is 34.4. The van der Waals surface area contributed by atoms with Crippen LogP contribution in [0.5, 0.6) is 0 Å². The van der Waals surface area contributed by atoms with Crippen molar-refractivity contribution in [3.8, 4) is 0 Å². The molecule has 0 bridgehead atoms. The van der Waals surface area contributed by atoms with Gasteiger partial charge in [-0.2, -0.15) is 0 Å². The summed E-state index contributed by atoms with van der Waals surface area (Å²) in [6, 6.07) is 74.8. The molecule has 0 aromatic heterocycles. The maximum absolute atomic E-state index is 2.44. The van der Waals surface area contributed by atoms with Crippen LogP contribution in [-0.2, 0) is 0 Å². The number of rotatable bonds is 6. The highest BCUT2D eigenvalue weighted by molar-refractivity contribution is 6.25. The number of para-hydroxylation sites is 2. The molecule has 10 aromatic rings. The number of hydrogen-bond acceptors (Lipinski definition) is 2. The summed E-state index contributed by atoms with van der Waals surface area (Å²) in [6.07, 6.45) is 0. The molecule has 0 unspecified atom stereocenters. The average molecular weight is 663 g/mol. The minimum Gasteiger partial charge on any atom is -0.310 e. The van der Waals surface area contributed by atoms with Crippen molar-refractivity contribution >= 4 is 88.0 Å². The smallest absolute Gasteiger partial charge is 0.0546 e. The quantitative estimate of drug-likeness (QED) is 0.164. The fourth-order valence-electron chi connectivity index (χ4n) is 7.99. The van der Waals surface area contributed by atoms with Gasteiger partial charge in [-0.05, 0) is 92.3 Å². The van der Waals surface area contributed by atoms with Gasteiger partial charge in [0, 0.05) is 33.2 Å². The Morgan fingerprint density at radius 2 is 0.673 bits per heavy atom. The van der Waals surface area contributed by atoms with Gasteiger partial charge >= 0.3 is 0 Å². The second kappa shape index (κ2) is 12.5. The van der Waals surface area contributed by atoms with Crippen LogP contribution in [0.25, 0.3) is 53.9 Å². The van der Waals surface area contributed by atoms with Gasteiger partial charge in [0.05, 0.1) is 17.1 Å². The first-order valence-electron chi connectivity index (χ1n) is 17.9. The molecule has 0 spiro atoms. The van der Waals surface area contributed by atoms with Gasteiger partial charge < -0.3 is 9.80 Å². The first kappa shape index (κ1) is 30.0. The zero-order valence-corrected chi connectivity index (χ0v) is 28.5. The molecule has 0 amide bonds. The summed E-state index contributed by atoms with van der Waals surface area (Å²) in [5.74, 6) is 0. The van der Waals surface area contributed by atoms with E-state index in [0.717, 1.165) is 34.1 Å². The highest BCUT2D eigenvalue weighted by atomic mass is 15.2. The van der Waals surface area contributed by atoms with Crippen LogP contribution in [0.2, 0.25) is 0 Å². The predicted molar refractivity (Wildman–Crippen MR) is 223 cm³/mol. The molecule has 0 N–H and O–H groups in total. The normalized spacial score (nSPS) is 11.5. The second-order valence-corrected chi connectivity index (χ2v) is 13.3. The van der Waals surface area contributed by atoms with E-state index in [4.69, 9.17) is 0 Å². The van der Waals surface area contributed by atoms with Crippen LogP contribution < -0.4 is 9.80 Å². The van der Waals surface area contributed by atoms with E-state index < -0.39 is 0 Å². The third-order valence-corrected chi connectivity index (χ3v) is 10.3. The standard InChI is InChI=1S/C50H34N2/c1-3-20-38(21-4-1)51(40-31-30-35-16-7-8-18-37(35)32-40)49-33-46-43-26-12-14-28-45(43)50(34-47(46)42-25-11-13-27-44(42)49)52(39-22-5-2-6-23-39)48-29-15-19-36-17-9-10-24-41(36)48/h1-34H. The van der Waals surface area contributed by atoms with E-state index in [1.807, 2.05) is 0 Å². The summed E-state index contributed by atoms with van der Waals surface area (Å²) >= 11 is 0. The van der Waals surface area contributed by atoms with E-state index in [2.05, 4.69) is 216 Å². The molecule has 0 aliphatic rings. The highest BCUT2D eigenvalue weighted by Gasteiger charge is 2.22. The lowest BCUT2D eigenvalue weighted by Gasteiger charge is -2.30. The Bertz CT molecular complexity index is 2910. The summed E-state index contributed by atoms with van der Waals surface area (Å²) in [4.78, 5) is 4.86. The van der Waals surface area contributed by atoms with E-state index >= 15 is 0 Å². The van der Waals surface area contributed by atoms with Crippen LogP contribution in [0.3, 0.4) is 0 Å². The van der Waals surface area contributed by atoms with Crippen molar-refractivity contribution in [1.82, 2.24) is 0 Å². The summed E-state index contributed by atoms with van der Waals surface area (Å²) in [5, 5.41) is 12.2. The molecule has 52 heavy (non-hydrogen) atoms. The molecule has 0 heterocycles. The van der Waals surface area contributed by atoms with Crippen molar-refractivity contribution in [2.75, 3.05) is 9.80 Å². The van der Waals surface area contributed by atoms with E-state index in [0.29, 0.717) is 0 Å². The van der Waals surface area contributed by atoms with Crippen LogP contribution in [0.15, 0.2) is 206 Å². The van der Waals surface area contributed by atoms with Gasteiger partial charge in [-0.3, -0.25) is 0 Å². The Morgan fingerprint density at radius 3 is 1.31 bits per heavy atom. The largest absolute Gasteiger partial charge is 0.310 e. The summed E-state index contributed by atoms with van der Waals surface area (Å²) in [7, 11) is 0. The number of hydrogen-bond donors (Lipinski definition) is 0. The monoisotopic (exact) mass is 662 g/mol. The Balaban J connectivity index is 1.30. The molecule has 0 aliphatic carbocycles. The molecule has 244 valence electrons. The molecular weight excluding hydrogens is 629 g/mol. The van der Waals surface area contributed by atoms with Crippen LogP contribution in [0.4, 0.5) is 34.1 Å². The second-order valence-electron chi connectivity index (χ2n) is 13.3. The number of anilines is 6. The molecule has 0 radical (unpaired) electrons. The van der Waals surface area contributed by atoms with Gasteiger partial charge in [0.25, 0.3) is 0 Å². The maximum atomic E-state index is 2.44. The maximum Gasteiger partial charge on any atom is 0.0546 e. The minimum atomic E-state index is 1.12. The van der Waals surface area contributed by atoms with Gasteiger partial charge in [-0.15, -0.1) is 0 Å². The Hall–Kier alpha value is -6.90. The van der Waals surface area contributed by atoms with Crippen molar-refractivity contribution in [3.63, 3.8) is 0 Å². The minimum absolute atomic E-state index is 1.12. The van der Waals surface area contributed by atoms with Crippen molar-refractivity contribution in [2.24, 2.45) is 0 Å². The van der Waals surface area contributed by atoms with Crippen molar-refractivity contribution in [2.45, 2.75) is 0 Å². The fourth-order valence-corrected chi connectivity index (χ4v) is 7.99. The van der Waals surface area contributed by atoms with Gasteiger partial charge in [0.15, 0.2) is 0 Å². The van der Waals surface area contributed by atoms with Gasteiger partial charge in [0.1, 0.15) is 0 Å². The predicted octanol–water partition coefficient (Wildman–Crippen LogP) is 14.4. The summed E-state index contributed by atoms with van der Waals surface area (Å²) < 4.78 is 0. The average Bonchev–Trinajstić information content (AvgIpc) is 3.22. The number of fused-ring (bicyclic) bond motifs is 7. The van der Waals surface area contributed by atoms with Crippen molar-refractivity contribution in [1.29, 1.82) is 0 Å². The number of nitrogens with zero attached hydrogens (tertiary/aromatic N) is 2. The molecule has 0 atom stereocenters. The molecule has 10 rings (SSSR count). The van der Waals surface area contributed by atoms with Gasteiger partial charge in [-0.1, -0.05) is 152 Å². The molecule has 0 saturated carbocycles. The van der Waals surface area contributed by atoms with Crippen LogP contribution in [0.1, 0.15) is 0 Å². The highest BCUT2D eigenvalue weighted by Crippen LogP contribution is 2.48. The van der Waals surface area contributed by atoms with Gasteiger partial charge in [-0.25, -0.2) is 0 Å². The Morgan fingerprint density at radius 1 is 0.212 bits per heavy atom. The summed E-state index contributed by atoms with van der Waals surface area (Å²) in [5.41, 5.74) is 6.82. The molecule has 0 aliphatic heterocycles. The van der Waals surface area contributed by atoms with Gasteiger partial charge in [0.2, 0.25) is 0 Å². The topological polar surface area (TPSA) is 6.48 Å². The SMILES string of the molecule is c1ccc(N(c2ccc3ccccc3c2)c2cc3c4ccccc4c(N(c4ccccc4)c4cccc5ccccc45)cc3c3ccccc23)cc1. The lowest BCUT2D eigenvalue weighted by atomic mass is 9.93. The van der Waals surface area contributed by atoms with Crippen molar-refractivity contribution < 1.29 is 0 Å². The van der Waals surface area contributed by atoms with Crippen LogP contribution in [0, 0.1) is 0 Å². The molecule has 0 fully saturated rings. The molecular formula is C50H34N2. The lowest BCUT2D eigenvalue weighted by Crippen LogP contribution is -2.12. The van der Waals surface area contributed by atoms with E-state index in [9.17, 15) is 0 Å². The molecule has 10 aromatic carbocycles. The van der Waals surface area contributed by atoms with Crippen molar-refractivity contribution in [3.05, 3.63) is 206 Å². The molecule has 2 heteroatoms. The molecule has 2 nitrogen and oxygen atoms in total. The van der Waals surface area contributed by atoms with E-state index in [1.54, 1.807) is 0 Å².